The molecule has 0 saturated heterocycles. The fourth-order valence-electron chi connectivity index (χ4n) is 2.09. The van der Waals surface area contributed by atoms with E-state index in [-0.39, 0.29) is 17.1 Å². The Morgan fingerprint density at radius 3 is 2.18 bits per heavy atom. The largest absolute Gasteiger partial charge is 0.469 e. The summed E-state index contributed by atoms with van der Waals surface area (Å²) >= 11 is 0. The molecule has 22 heavy (non-hydrogen) atoms. The van der Waals surface area contributed by atoms with Gasteiger partial charge in [0, 0.05) is 5.92 Å². The van der Waals surface area contributed by atoms with E-state index in [4.69, 9.17) is 9.16 Å². The Labute approximate surface area is 137 Å². The van der Waals surface area contributed by atoms with Crippen LogP contribution >= 0.6 is 0 Å². The lowest BCUT2D eigenvalue weighted by molar-refractivity contribution is -0.150. The van der Waals surface area contributed by atoms with Crippen molar-refractivity contribution in [2.45, 2.75) is 71.4 Å². The van der Waals surface area contributed by atoms with Crippen molar-refractivity contribution in [3.8, 4) is 0 Å². The number of esters is 1. The number of ether oxygens (including phenoxy) is 1. The van der Waals surface area contributed by atoms with Gasteiger partial charge >= 0.3 is 5.97 Å². The molecule has 0 fully saturated rings. The molecule has 0 aliphatic heterocycles. The van der Waals surface area contributed by atoms with Gasteiger partial charge in [-0.1, -0.05) is 33.8 Å². The molecule has 0 spiro atoms. The SMILES string of the molecule is C=CC[C@H](O[Si](C)(C)C(C)(C)C)[C@H](C)[C@H](O)[C@@H](C)C(=O)OC. The Kier molecular flexibility index (Phi) is 8.02. The first-order valence-corrected chi connectivity index (χ1v) is 10.8. The van der Waals surface area contributed by atoms with Gasteiger partial charge in [-0.25, -0.2) is 0 Å². The summed E-state index contributed by atoms with van der Waals surface area (Å²) in [4.78, 5) is 11.6. The average Bonchev–Trinajstić information content (AvgIpc) is 2.42. The number of carbonyl (C=O) groups is 1. The minimum atomic E-state index is -1.96. The van der Waals surface area contributed by atoms with Crippen LogP contribution in [0.5, 0.6) is 0 Å². The van der Waals surface area contributed by atoms with Gasteiger partial charge in [0.05, 0.1) is 25.2 Å². The van der Waals surface area contributed by atoms with Crippen molar-refractivity contribution in [2.24, 2.45) is 11.8 Å². The van der Waals surface area contributed by atoms with Gasteiger partial charge in [0.15, 0.2) is 8.32 Å². The Morgan fingerprint density at radius 2 is 1.82 bits per heavy atom. The molecule has 0 radical (unpaired) electrons. The van der Waals surface area contributed by atoms with Gasteiger partial charge in [-0.15, -0.1) is 6.58 Å². The molecule has 0 aliphatic rings. The van der Waals surface area contributed by atoms with Gasteiger partial charge in [-0.05, 0) is 31.5 Å². The van der Waals surface area contributed by atoms with Crippen LogP contribution in [-0.4, -0.2) is 38.7 Å². The number of hydrogen-bond acceptors (Lipinski definition) is 4. The minimum Gasteiger partial charge on any atom is -0.469 e. The zero-order valence-corrected chi connectivity index (χ0v) is 16.5. The van der Waals surface area contributed by atoms with Crippen LogP contribution in [0.2, 0.25) is 18.1 Å². The van der Waals surface area contributed by atoms with Gasteiger partial charge in [0.1, 0.15) is 0 Å². The molecule has 0 aromatic heterocycles. The molecule has 0 bridgehead atoms. The Hall–Kier alpha value is -0.653. The molecule has 0 saturated carbocycles. The molecule has 1 N–H and O–H groups in total. The standard InChI is InChI=1S/C17H34O4Si/c1-10-11-14(21-22(8,9)17(4,5)6)12(2)15(18)13(3)16(19)20-7/h10,12-15,18H,1,11H2,2-9H3/t12-,13+,14-,15-/m0/s1. The quantitative estimate of drug-likeness (QED) is 0.418. The minimum absolute atomic E-state index is 0.0884. The Balaban J connectivity index is 5.16. The van der Waals surface area contributed by atoms with E-state index in [1.807, 2.05) is 13.0 Å². The predicted molar refractivity (Wildman–Crippen MR) is 93.2 cm³/mol. The molecule has 4 atom stereocenters. The van der Waals surface area contributed by atoms with Gasteiger partial charge in [-0.2, -0.15) is 0 Å². The summed E-state index contributed by atoms with van der Waals surface area (Å²) in [5.41, 5.74) is 0. The Morgan fingerprint density at radius 1 is 1.32 bits per heavy atom. The maximum absolute atomic E-state index is 11.6. The third-order valence-corrected chi connectivity index (χ3v) is 9.37. The van der Waals surface area contributed by atoms with Gasteiger partial charge < -0.3 is 14.3 Å². The van der Waals surface area contributed by atoms with Crippen molar-refractivity contribution in [1.29, 1.82) is 0 Å². The second kappa shape index (κ2) is 8.27. The lowest BCUT2D eigenvalue weighted by Gasteiger charge is -2.42. The number of methoxy groups -OCH3 is 1. The van der Waals surface area contributed by atoms with E-state index < -0.39 is 26.3 Å². The summed E-state index contributed by atoms with van der Waals surface area (Å²) in [6.45, 7) is 18.3. The first kappa shape index (κ1) is 21.3. The van der Waals surface area contributed by atoms with Crippen LogP contribution < -0.4 is 0 Å². The summed E-state index contributed by atoms with van der Waals surface area (Å²) in [5.74, 6) is -1.15. The van der Waals surface area contributed by atoms with Crippen LogP contribution in [0.4, 0.5) is 0 Å². The Bertz CT molecular complexity index is 373. The van der Waals surface area contributed by atoms with Gasteiger partial charge in [0.2, 0.25) is 0 Å². The summed E-state index contributed by atoms with van der Waals surface area (Å²) in [7, 11) is -0.622. The number of aliphatic hydroxyl groups excluding tert-OH is 1. The predicted octanol–water partition coefficient (Wildman–Crippen LogP) is 3.76. The molecule has 0 aliphatic carbocycles. The second-order valence-corrected chi connectivity index (χ2v) is 12.4. The topological polar surface area (TPSA) is 55.8 Å². The number of rotatable bonds is 8. The molecule has 0 unspecified atom stereocenters. The highest BCUT2D eigenvalue weighted by Crippen LogP contribution is 2.39. The molecule has 5 heteroatoms. The van der Waals surface area contributed by atoms with E-state index in [0.717, 1.165) is 0 Å². The van der Waals surface area contributed by atoms with Crippen molar-refractivity contribution >= 4 is 14.3 Å². The first-order chi connectivity index (χ1) is 9.89. The third-order valence-electron chi connectivity index (χ3n) is 4.86. The van der Waals surface area contributed by atoms with E-state index in [1.54, 1.807) is 6.92 Å². The lowest BCUT2D eigenvalue weighted by atomic mass is 9.88. The highest BCUT2D eigenvalue weighted by atomic mass is 28.4. The smallest absolute Gasteiger partial charge is 0.311 e. The molecule has 4 nitrogen and oxygen atoms in total. The summed E-state index contributed by atoms with van der Waals surface area (Å²) < 4.78 is 11.2. The van der Waals surface area contributed by atoms with Gasteiger partial charge in [-0.3, -0.25) is 4.79 Å². The van der Waals surface area contributed by atoms with E-state index in [0.29, 0.717) is 6.42 Å². The number of carbonyl (C=O) groups excluding carboxylic acids is 1. The summed E-state index contributed by atoms with van der Waals surface area (Å²) in [6, 6.07) is 0. The molecular formula is C17H34O4Si. The average molecular weight is 331 g/mol. The lowest BCUT2D eigenvalue weighted by Crippen LogP contribution is -2.48. The highest BCUT2D eigenvalue weighted by molar-refractivity contribution is 6.74. The van der Waals surface area contributed by atoms with Crippen LogP contribution in [0.1, 0.15) is 41.0 Å². The van der Waals surface area contributed by atoms with E-state index >= 15 is 0 Å². The van der Waals surface area contributed by atoms with Crippen molar-refractivity contribution < 1.29 is 19.1 Å². The van der Waals surface area contributed by atoms with E-state index in [1.165, 1.54) is 7.11 Å². The molecule has 0 aromatic rings. The summed E-state index contributed by atoms with van der Waals surface area (Å²) in [5, 5.41) is 10.6. The molecule has 0 aromatic carbocycles. The monoisotopic (exact) mass is 330 g/mol. The number of hydrogen-bond donors (Lipinski definition) is 1. The maximum atomic E-state index is 11.6. The molecular weight excluding hydrogens is 296 g/mol. The van der Waals surface area contributed by atoms with Crippen LogP contribution in [0.3, 0.4) is 0 Å². The zero-order valence-electron chi connectivity index (χ0n) is 15.5. The van der Waals surface area contributed by atoms with Crippen LogP contribution in [0.15, 0.2) is 12.7 Å². The zero-order chi connectivity index (χ0) is 17.7. The van der Waals surface area contributed by atoms with Crippen LogP contribution in [0.25, 0.3) is 0 Å². The normalized spacial score (nSPS) is 18.2. The third kappa shape index (κ3) is 5.52. The van der Waals surface area contributed by atoms with Crippen LogP contribution in [-0.2, 0) is 14.0 Å². The fourth-order valence-corrected chi connectivity index (χ4v) is 3.51. The maximum Gasteiger partial charge on any atom is 0.311 e. The molecule has 130 valence electrons. The molecule has 0 rings (SSSR count). The highest BCUT2D eigenvalue weighted by Gasteiger charge is 2.41. The molecule has 0 heterocycles. The van der Waals surface area contributed by atoms with E-state index in [2.05, 4.69) is 40.4 Å². The fraction of sp³-hybridized carbons (Fsp3) is 0.824. The first-order valence-electron chi connectivity index (χ1n) is 7.93. The van der Waals surface area contributed by atoms with Crippen molar-refractivity contribution in [3.05, 3.63) is 12.7 Å². The summed E-state index contributed by atoms with van der Waals surface area (Å²) in [6.07, 6.45) is 1.50. The van der Waals surface area contributed by atoms with Crippen molar-refractivity contribution in [2.75, 3.05) is 7.11 Å². The number of aliphatic hydroxyl groups is 1. The van der Waals surface area contributed by atoms with E-state index in [9.17, 15) is 9.90 Å². The van der Waals surface area contributed by atoms with Crippen LogP contribution in [0, 0.1) is 11.8 Å². The van der Waals surface area contributed by atoms with Crippen molar-refractivity contribution in [3.63, 3.8) is 0 Å². The molecule has 0 amide bonds. The second-order valence-electron chi connectivity index (χ2n) is 7.60. The van der Waals surface area contributed by atoms with Gasteiger partial charge in [0.25, 0.3) is 0 Å². The van der Waals surface area contributed by atoms with Crippen molar-refractivity contribution in [1.82, 2.24) is 0 Å².